The third kappa shape index (κ3) is 2.43. The number of ether oxygens (including phenoxy) is 1. The predicted octanol–water partition coefficient (Wildman–Crippen LogP) is 4.11. The molecular weight excluding hydrogens is 326 g/mol. The minimum Gasteiger partial charge on any atom is -0.334 e. The quantitative estimate of drug-likeness (QED) is 0.821. The Bertz CT molecular complexity index is 608. The molecule has 0 saturated carbocycles. The van der Waals surface area contributed by atoms with Crippen LogP contribution in [0, 0.1) is 11.8 Å². The third-order valence-electron chi connectivity index (χ3n) is 4.98. The van der Waals surface area contributed by atoms with Crippen molar-refractivity contribution in [2.75, 3.05) is 5.75 Å². The number of benzene rings is 1. The zero-order chi connectivity index (χ0) is 16.2. The lowest BCUT2D eigenvalue weighted by atomic mass is 9.88. The van der Waals surface area contributed by atoms with Crippen LogP contribution in [0.1, 0.15) is 38.8 Å². The molecule has 4 saturated heterocycles. The summed E-state index contributed by atoms with van der Waals surface area (Å²) in [5.41, 5.74) is 1.22. The molecule has 0 radical (unpaired) electrons. The van der Waals surface area contributed by atoms with Gasteiger partial charge >= 0.3 is 0 Å². The third-order valence-corrected chi connectivity index (χ3v) is 8.02. The van der Waals surface area contributed by atoms with E-state index < -0.39 is 4.39 Å². The van der Waals surface area contributed by atoms with Crippen LogP contribution in [0.25, 0.3) is 0 Å². The van der Waals surface area contributed by atoms with Crippen LogP contribution in [-0.4, -0.2) is 32.3 Å². The van der Waals surface area contributed by atoms with Gasteiger partial charge in [0.05, 0.1) is 18.1 Å². The van der Waals surface area contributed by atoms with Gasteiger partial charge in [-0.25, -0.2) is 0 Å². The second-order valence-electron chi connectivity index (χ2n) is 7.10. The van der Waals surface area contributed by atoms with Crippen LogP contribution in [0.5, 0.6) is 0 Å². The van der Waals surface area contributed by atoms with E-state index in [-0.39, 0.29) is 18.1 Å². The maximum Gasteiger partial charge on any atom is 0.243 e. The number of hydrogen-bond acceptors (Lipinski definition) is 4. The topological polar surface area (TPSA) is 29.5 Å². The first kappa shape index (κ1) is 15.9. The molecule has 3 nitrogen and oxygen atoms in total. The predicted molar refractivity (Wildman–Crippen MR) is 96.1 cm³/mol. The van der Waals surface area contributed by atoms with Gasteiger partial charge in [-0.05, 0) is 17.9 Å². The Morgan fingerprint density at radius 2 is 2.09 bits per heavy atom. The Balaban J connectivity index is 1.68. The fourth-order valence-electron chi connectivity index (χ4n) is 3.99. The smallest absolute Gasteiger partial charge is 0.243 e. The molecule has 4 heterocycles. The van der Waals surface area contributed by atoms with Gasteiger partial charge in [0.2, 0.25) is 10.3 Å². The van der Waals surface area contributed by atoms with Crippen LogP contribution < -0.4 is 0 Å². The van der Waals surface area contributed by atoms with E-state index in [1.54, 1.807) is 11.8 Å². The van der Waals surface area contributed by atoms with Crippen LogP contribution in [0.15, 0.2) is 30.3 Å². The number of thioether (sulfide) groups is 2. The van der Waals surface area contributed by atoms with E-state index in [2.05, 4.69) is 45.0 Å². The summed E-state index contributed by atoms with van der Waals surface area (Å²) in [7, 11) is 0. The van der Waals surface area contributed by atoms with Gasteiger partial charge in [-0.15, -0.1) is 0 Å². The lowest BCUT2D eigenvalue weighted by molar-refractivity contribution is -0.188. The van der Waals surface area contributed by atoms with Crippen molar-refractivity contribution in [3.05, 3.63) is 35.9 Å². The molecule has 4 aliphatic rings. The highest BCUT2D eigenvalue weighted by molar-refractivity contribution is 8.18. The van der Waals surface area contributed by atoms with E-state index >= 15 is 0 Å². The van der Waals surface area contributed by atoms with Crippen molar-refractivity contribution in [2.24, 2.45) is 11.8 Å². The Morgan fingerprint density at radius 1 is 1.35 bits per heavy atom. The summed E-state index contributed by atoms with van der Waals surface area (Å²) >= 11 is 3.63. The Kier molecular flexibility index (Phi) is 3.94. The van der Waals surface area contributed by atoms with Gasteiger partial charge in [0.25, 0.3) is 0 Å². The standard InChI is InChI=1S/C18H23NO2S2/c1-11(2)9-15-16-12(3)23-18(21-15)19(17(16)20)14(10-22-18)13-7-5-4-6-8-13/h4-8,11-12,14-16H,9-10H2,1-3H3. The van der Waals surface area contributed by atoms with Gasteiger partial charge in [-0.2, -0.15) is 0 Å². The van der Waals surface area contributed by atoms with E-state index in [0.29, 0.717) is 17.1 Å². The Labute approximate surface area is 146 Å². The molecular formula is C18H23NO2S2. The molecule has 23 heavy (non-hydrogen) atoms. The summed E-state index contributed by atoms with van der Waals surface area (Å²) in [4.78, 5) is 15.3. The molecule has 5 atom stereocenters. The Morgan fingerprint density at radius 3 is 2.78 bits per heavy atom. The maximum absolute atomic E-state index is 13.3. The first-order valence-corrected chi connectivity index (χ1v) is 10.3. The van der Waals surface area contributed by atoms with Gasteiger partial charge in [0, 0.05) is 11.0 Å². The first-order chi connectivity index (χ1) is 11.0. The fourth-order valence-corrected chi connectivity index (χ4v) is 7.60. The molecule has 0 N–H and O–H groups in total. The second kappa shape index (κ2) is 5.71. The van der Waals surface area contributed by atoms with Crippen LogP contribution in [0.3, 0.4) is 0 Å². The van der Waals surface area contributed by atoms with Crippen LogP contribution in [-0.2, 0) is 9.53 Å². The summed E-state index contributed by atoms with van der Waals surface area (Å²) in [6.45, 7) is 6.61. The maximum atomic E-state index is 13.3. The molecule has 5 rings (SSSR count). The fraction of sp³-hybridized carbons (Fsp3) is 0.611. The van der Waals surface area contributed by atoms with Gasteiger partial charge in [0.1, 0.15) is 0 Å². The van der Waals surface area contributed by atoms with Crippen molar-refractivity contribution in [3.63, 3.8) is 0 Å². The highest BCUT2D eigenvalue weighted by Crippen LogP contribution is 2.63. The second-order valence-corrected chi connectivity index (χ2v) is 10.1. The first-order valence-electron chi connectivity index (χ1n) is 8.39. The van der Waals surface area contributed by atoms with Gasteiger partial charge in [-0.3, -0.25) is 9.69 Å². The summed E-state index contributed by atoms with van der Waals surface area (Å²) in [5.74, 6) is 1.75. The average Bonchev–Trinajstić information content (AvgIpc) is 2.86. The Hall–Kier alpha value is -0.650. The van der Waals surface area contributed by atoms with E-state index in [0.717, 1.165) is 12.2 Å². The van der Waals surface area contributed by atoms with Crippen molar-refractivity contribution in [1.29, 1.82) is 0 Å². The van der Waals surface area contributed by atoms with Crippen LogP contribution in [0.4, 0.5) is 0 Å². The normalized spacial score (nSPS) is 39.1. The highest BCUT2D eigenvalue weighted by Gasteiger charge is 2.65. The minimum atomic E-state index is -0.509. The molecule has 1 aromatic rings. The van der Waals surface area contributed by atoms with Gasteiger partial charge < -0.3 is 4.74 Å². The summed E-state index contributed by atoms with van der Waals surface area (Å²) < 4.78 is 6.02. The molecule has 124 valence electrons. The number of carbonyl (C=O) groups excluding carboxylic acids is 1. The highest BCUT2D eigenvalue weighted by atomic mass is 32.2. The van der Waals surface area contributed by atoms with E-state index in [1.165, 1.54) is 5.56 Å². The molecule has 4 aliphatic heterocycles. The van der Waals surface area contributed by atoms with Crippen LogP contribution >= 0.6 is 23.5 Å². The molecule has 5 unspecified atom stereocenters. The monoisotopic (exact) mass is 349 g/mol. The summed E-state index contributed by atoms with van der Waals surface area (Å²) in [5, 5.41) is 0.332. The molecule has 4 fully saturated rings. The van der Waals surface area contributed by atoms with Crippen molar-refractivity contribution in [1.82, 2.24) is 4.90 Å². The molecule has 5 heteroatoms. The number of carbonyl (C=O) groups is 1. The minimum absolute atomic E-state index is 0.00538. The zero-order valence-corrected chi connectivity index (χ0v) is 15.4. The molecule has 0 aromatic heterocycles. The van der Waals surface area contributed by atoms with Crippen LogP contribution in [0.2, 0.25) is 0 Å². The number of rotatable bonds is 3. The number of fused-ring (bicyclic) bond motifs is 2. The number of amides is 1. The van der Waals surface area contributed by atoms with E-state index in [9.17, 15) is 4.79 Å². The number of hydrogen-bond donors (Lipinski definition) is 0. The molecule has 1 amide bonds. The summed E-state index contributed by atoms with van der Waals surface area (Å²) in [6.07, 6.45) is 1.03. The average molecular weight is 350 g/mol. The van der Waals surface area contributed by atoms with Crippen molar-refractivity contribution in [3.8, 4) is 0 Å². The molecule has 0 aliphatic carbocycles. The van der Waals surface area contributed by atoms with Crippen molar-refractivity contribution < 1.29 is 9.53 Å². The largest absolute Gasteiger partial charge is 0.334 e. The molecule has 1 aromatic carbocycles. The summed E-state index contributed by atoms with van der Waals surface area (Å²) in [6, 6.07) is 10.5. The molecule has 2 bridgehead atoms. The zero-order valence-electron chi connectivity index (χ0n) is 13.8. The number of nitrogens with zero attached hydrogens (tertiary/aromatic N) is 1. The van der Waals surface area contributed by atoms with Gasteiger partial charge in [-0.1, -0.05) is 74.6 Å². The lowest BCUT2D eigenvalue weighted by Crippen LogP contribution is -2.65. The SMILES string of the molecule is CC(C)CC1OC23SCC(c4ccccc4)N2C(=O)C1C(C)S3. The van der Waals surface area contributed by atoms with Crippen molar-refractivity contribution >= 4 is 29.4 Å². The molecule has 1 spiro atoms. The van der Waals surface area contributed by atoms with Gasteiger partial charge in [0.15, 0.2) is 0 Å². The van der Waals surface area contributed by atoms with E-state index in [1.807, 2.05) is 22.7 Å². The van der Waals surface area contributed by atoms with E-state index in [4.69, 9.17) is 4.74 Å². The van der Waals surface area contributed by atoms with Crippen molar-refractivity contribution in [2.45, 2.75) is 49.0 Å². The lowest BCUT2D eigenvalue weighted by Gasteiger charge is -2.56.